The maximum Gasteiger partial charge on any atom is 0.223 e. The summed E-state index contributed by atoms with van der Waals surface area (Å²) >= 11 is 0. The molecule has 0 aliphatic heterocycles. The molecule has 20 heavy (non-hydrogen) atoms. The number of nitrogens with two attached hydrogens (primary N) is 1. The normalized spacial score (nSPS) is 17.7. The van der Waals surface area contributed by atoms with Crippen molar-refractivity contribution in [1.29, 1.82) is 0 Å². The second-order valence-electron chi connectivity index (χ2n) is 5.68. The lowest BCUT2D eigenvalue weighted by Crippen LogP contribution is -2.31. The van der Waals surface area contributed by atoms with Crippen LogP contribution < -0.4 is 15.8 Å². The summed E-state index contributed by atoms with van der Waals surface area (Å²) in [7, 11) is 0. The van der Waals surface area contributed by atoms with E-state index in [1.165, 1.54) is 11.1 Å². The lowest BCUT2D eigenvalue weighted by Gasteiger charge is -2.22. The maximum absolute atomic E-state index is 11.5. The molecule has 0 fully saturated rings. The highest BCUT2D eigenvalue weighted by atomic mass is 16.5. The Morgan fingerprint density at radius 3 is 3.05 bits per heavy atom. The molecule has 2 rings (SSSR count). The second kappa shape index (κ2) is 6.75. The molecule has 1 aromatic carbocycles. The topological polar surface area (TPSA) is 64.3 Å². The molecular formula is C16H24N2O2. The summed E-state index contributed by atoms with van der Waals surface area (Å²) in [6.45, 7) is 4.29. The van der Waals surface area contributed by atoms with Crippen LogP contribution in [0, 0.1) is 0 Å². The molecule has 1 aliphatic carbocycles. The van der Waals surface area contributed by atoms with Gasteiger partial charge in [0.1, 0.15) is 5.75 Å². The van der Waals surface area contributed by atoms with Crippen LogP contribution in [0.25, 0.3) is 0 Å². The lowest BCUT2D eigenvalue weighted by atomic mass is 9.88. The van der Waals surface area contributed by atoms with E-state index >= 15 is 0 Å². The van der Waals surface area contributed by atoms with Gasteiger partial charge in [0.05, 0.1) is 13.0 Å². The molecule has 3 N–H and O–H groups in total. The van der Waals surface area contributed by atoms with E-state index in [0.717, 1.165) is 25.0 Å². The number of ether oxygens (including phenoxy) is 1. The number of nitrogens with one attached hydrogen (secondary N) is 1. The highest BCUT2D eigenvalue weighted by molar-refractivity contribution is 5.76. The van der Waals surface area contributed by atoms with E-state index in [9.17, 15) is 4.79 Å². The van der Waals surface area contributed by atoms with Crippen molar-refractivity contribution in [3.8, 4) is 5.75 Å². The highest BCUT2D eigenvalue weighted by Gasteiger charge is 2.17. The minimum absolute atomic E-state index is 0.0228. The van der Waals surface area contributed by atoms with Crippen molar-refractivity contribution < 1.29 is 9.53 Å². The maximum atomic E-state index is 11.5. The zero-order valence-corrected chi connectivity index (χ0v) is 12.3. The van der Waals surface area contributed by atoms with E-state index in [2.05, 4.69) is 11.4 Å². The summed E-state index contributed by atoms with van der Waals surface area (Å²) in [5.74, 6) is 0.827. The van der Waals surface area contributed by atoms with Crippen molar-refractivity contribution in [2.24, 2.45) is 5.73 Å². The summed E-state index contributed by atoms with van der Waals surface area (Å²) in [6, 6.07) is 6.38. The SMILES string of the molecule is CC(C)NC(=O)CCOc1ccc2c(c1)[C@H](N)CCC2. The Morgan fingerprint density at radius 2 is 2.30 bits per heavy atom. The fraction of sp³-hybridized carbons (Fsp3) is 0.562. The number of fused-ring (bicyclic) bond motifs is 1. The van der Waals surface area contributed by atoms with Crippen molar-refractivity contribution in [2.45, 2.75) is 51.6 Å². The minimum Gasteiger partial charge on any atom is -0.493 e. The van der Waals surface area contributed by atoms with Crippen LogP contribution >= 0.6 is 0 Å². The smallest absolute Gasteiger partial charge is 0.223 e. The first kappa shape index (κ1) is 14.9. The number of amides is 1. The van der Waals surface area contributed by atoms with Gasteiger partial charge in [-0.1, -0.05) is 6.07 Å². The van der Waals surface area contributed by atoms with Gasteiger partial charge in [0, 0.05) is 12.1 Å². The van der Waals surface area contributed by atoms with Gasteiger partial charge in [-0.05, 0) is 56.4 Å². The average molecular weight is 276 g/mol. The van der Waals surface area contributed by atoms with Gasteiger partial charge in [-0.2, -0.15) is 0 Å². The Morgan fingerprint density at radius 1 is 1.50 bits per heavy atom. The average Bonchev–Trinajstić information content (AvgIpc) is 2.39. The van der Waals surface area contributed by atoms with Crippen molar-refractivity contribution >= 4 is 5.91 Å². The van der Waals surface area contributed by atoms with Crippen LogP contribution in [0.3, 0.4) is 0 Å². The third kappa shape index (κ3) is 3.97. The number of carbonyl (C=O) groups is 1. The Kier molecular flexibility index (Phi) is 5.01. The standard InChI is InChI=1S/C16H24N2O2/c1-11(2)18-16(19)8-9-20-13-7-6-12-4-3-5-15(17)14(12)10-13/h6-7,10-11,15H,3-5,8-9,17H2,1-2H3,(H,18,19)/t15-/m1/s1. The van der Waals surface area contributed by atoms with Crippen LogP contribution in [-0.2, 0) is 11.2 Å². The Balaban J connectivity index is 1.88. The largest absolute Gasteiger partial charge is 0.493 e. The zero-order valence-electron chi connectivity index (χ0n) is 12.3. The van der Waals surface area contributed by atoms with Gasteiger partial charge in [0.2, 0.25) is 5.91 Å². The van der Waals surface area contributed by atoms with E-state index in [1.807, 2.05) is 26.0 Å². The van der Waals surface area contributed by atoms with Gasteiger partial charge >= 0.3 is 0 Å². The van der Waals surface area contributed by atoms with Crippen LogP contribution in [0.2, 0.25) is 0 Å². The summed E-state index contributed by atoms with van der Waals surface area (Å²) in [5.41, 5.74) is 8.65. The first-order chi connectivity index (χ1) is 9.56. The Hall–Kier alpha value is -1.55. The molecule has 1 amide bonds. The van der Waals surface area contributed by atoms with Crippen LogP contribution in [0.4, 0.5) is 0 Å². The third-order valence-electron chi connectivity index (χ3n) is 3.53. The minimum atomic E-state index is 0.0228. The van der Waals surface area contributed by atoms with Gasteiger partial charge in [-0.25, -0.2) is 0 Å². The molecule has 110 valence electrons. The van der Waals surface area contributed by atoms with Crippen LogP contribution in [0.15, 0.2) is 18.2 Å². The van der Waals surface area contributed by atoms with Crippen LogP contribution in [0.5, 0.6) is 5.75 Å². The molecule has 0 saturated heterocycles. The number of carbonyl (C=O) groups excluding carboxylic acids is 1. The molecule has 1 aliphatic rings. The van der Waals surface area contributed by atoms with Crippen molar-refractivity contribution in [2.75, 3.05) is 6.61 Å². The van der Waals surface area contributed by atoms with E-state index in [1.54, 1.807) is 0 Å². The van der Waals surface area contributed by atoms with E-state index in [-0.39, 0.29) is 18.0 Å². The van der Waals surface area contributed by atoms with E-state index in [0.29, 0.717) is 13.0 Å². The molecule has 0 unspecified atom stereocenters. The molecule has 0 bridgehead atoms. The number of hydrogen-bond donors (Lipinski definition) is 2. The first-order valence-corrected chi connectivity index (χ1v) is 7.37. The van der Waals surface area contributed by atoms with Crippen molar-refractivity contribution in [3.63, 3.8) is 0 Å². The lowest BCUT2D eigenvalue weighted by molar-refractivity contribution is -0.122. The quantitative estimate of drug-likeness (QED) is 0.867. The van der Waals surface area contributed by atoms with Gasteiger partial charge in [0.15, 0.2) is 0 Å². The molecule has 1 atom stereocenters. The third-order valence-corrected chi connectivity index (χ3v) is 3.53. The van der Waals surface area contributed by atoms with Crippen molar-refractivity contribution in [1.82, 2.24) is 5.32 Å². The van der Waals surface area contributed by atoms with E-state index < -0.39 is 0 Å². The van der Waals surface area contributed by atoms with Gasteiger partial charge in [0.25, 0.3) is 0 Å². The monoisotopic (exact) mass is 276 g/mol. The Labute approximate surface area is 120 Å². The van der Waals surface area contributed by atoms with Gasteiger partial charge < -0.3 is 15.8 Å². The molecule has 1 aromatic rings. The zero-order chi connectivity index (χ0) is 14.5. The summed E-state index contributed by atoms with van der Waals surface area (Å²) in [5, 5.41) is 2.85. The molecule has 0 heterocycles. The molecule has 0 aromatic heterocycles. The molecular weight excluding hydrogens is 252 g/mol. The fourth-order valence-electron chi connectivity index (χ4n) is 2.56. The van der Waals surface area contributed by atoms with E-state index in [4.69, 9.17) is 10.5 Å². The van der Waals surface area contributed by atoms with Crippen molar-refractivity contribution in [3.05, 3.63) is 29.3 Å². The van der Waals surface area contributed by atoms with Crippen LogP contribution in [0.1, 0.15) is 50.3 Å². The first-order valence-electron chi connectivity index (χ1n) is 7.37. The summed E-state index contributed by atoms with van der Waals surface area (Å²) in [4.78, 5) is 11.5. The number of rotatable bonds is 5. The molecule has 0 saturated carbocycles. The van der Waals surface area contributed by atoms with Crippen LogP contribution in [-0.4, -0.2) is 18.6 Å². The van der Waals surface area contributed by atoms with Gasteiger partial charge in [-0.3, -0.25) is 4.79 Å². The summed E-state index contributed by atoms with van der Waals surface area (Å²) < 4.78 is 5.66. The molecule has 4 nitrogen and oxygen atoms in total. The predicted octanol–water partition coefficient (Wildman–Crippen LogP) is 2.32. The second-order valence-corrected chi connectivity index (χ2v) is 5.68. The number of hydrogen-bond acceptors (Lipinski definition) is 3. The fourth-order valence-corrected chi connectivity index (χ4v) is 2.56. The number of aryl methyl sites for hydroxylation is 1. The van der Waals surface area contributed by atoms with Gasteiger partial charge in [-0.15, -0.1) is 0 Å². The molecule has 4 heteroatoms. The predicted molar refractivity (Wildman–Crippen MR) is 79.7 cm³/mol. The summed E-state index contributed by atoms with van der Waals surface area (Å²) in [6.07, 6.45) is 3.67. The Bertz CT molecular complexity index is 472. The number of benzene rings is 1. The molecule has 0 radical (unpaired) electrons. The highest BCUT2D eigenvalue weighted by Crippen LogP contribution is 2.30. The molecule has 0 spiro atoms.